The van der Waals surface area contributed by atoms with Gasteiger partial charge in [-0.15, -0.1) is 0 Å². The van der Waals surface area contributed by atoms with Crippen LogP contribution in [0.3, 0.4) is 0 Å². The van der Waals surface area contributed by atoms with Crippen molar-refractivity contribution >= 4 is 29.3 Å². The monoisotopic (exact) mass is 413 g/mol. The number of nitrogens with zero attached hydrogens (tertiary/aromatic N) is 2. The molecule has 3 aromatic rings. The van der Waals surface area contributed by atoms with Gasteiger partial charge in [0.05, 0.1) is 5.69 Å². The molecule has 0 unspecified atom stereocenters. The van der Waals surface area contributed by atoms with Crippen LogP contribution in [0.25, 0.3) is 0 Å². The number of halogens is 1. The molecule has 0 spiro atoms. The first-order valence-electron chi connectivity index (χ1n) is 8.85. The lowest BCUT2D eigenvalue weighted by Crippen LogP contribution is -2.26. The second kappa shape index (κ2) is 9.25. The number of hydrogen-bond acceptors (Lipinski definition) is 5. The van der Waals surface area contributed by atoms with Gasteiger partial charge in [0, 0.05) is 24.3 Å². The molecule has 0 saturated heterocycles. The van der Waals surface area contributed by atoms with Crippen LogP contribution >= 0.6 is 11.6 Å². The van der Waals surface area contributed by atoms with E-state index in [1.807, 2.05) is 12.1 Å². The topological polar surface area (TPSA) is 84.7 Å². The van der Waals surface area contributed by atoms with E-state index in [4.69, 9.17) is 20.8 Å². The lowest BCUT2D eigenvalue weighted by molar-refractivity contribution is 0.0745. The first-order valence-corrected chi connectivity index (χ1v) is 9.23. The Labute approximate surface area is 173 Å². The highest BCUT2D eigenvalue weighted by Crippen LogP contribution is 2.14. The van der Waals surface area contributed by atoms with Gasteiger partial charge in [-0.3, -0.25) is 10.1 Å². The van der Waals surface area contributed by atoms with Crippen molar-refractivity contribution in [3.8, 4) is 0 Å². The highest BCUT2D eigenvalue weighted by Gasteiger charge is 2.17. The zero-order valence-electron chi connectivity index (χ0n) is 16.0. The number of nitrogens with one attached hydrogen (secondary N) is 1. The normalized spacial score (nSPS) is 10.4. The first kappa shape index (κ1) is 20.4. The molecule has 0 aliphatic carbocycles. The Bertz CT molecular complexity index is 984. The van der Waals surface area contributed by atoms with E-state index in [9.17, 15) is 9.59 Å². The van der Waals surface area contributed by atoms with Crippen molar-refractivity contribution in [2.75, 3.05) is 12.4 Å². The van der Waals surface area contributed by atoms with E-state index in [-0.39, 0.29) is 18.4 Å². The molecular formula is C21H20ClN3O4. The van der Waals surface area contributed by atoms with Gasteiger partial charge in [0.15, 0.2) is 0 Å². The number of ether oxygens (including phenoxy) is 1. The summed E-state index contributed by atoms with van der Waals surface area (Å²) in [6.45, 7) is 2.28. The third-order valence-electron chi connectivity index (χ3n) is 4.05. The maximum absolute atomic E-state index is 12.3. The summed E-state index contributed by atoms with van der Waals surface area (Å²) in [6.07, 6.45) is 0.882. The van der Waals surface area contributed by atoms with Crippen molar-refractivity contribution in [1.29, 1.82) is 0 Å². The van der Waals surface area contributed by atoms with E-state index in [2.05, 4.69) is 10.3 Å². The fraction of sp³-hybridized carbons (Fsp3) is 0.190. The molecule has 0 fully saturated rings. The summed E-state index contributed by atoms with van der Waals surface area (Å²) < 4.78 is 10.3. The van der Waals surface area contributed by atoms with Gasteiger partial charge in [0.1, 0.15) is 12.9 Å². The lowest BCUT2D eigenvalue weighted by atomic mass is 10.2. The largest absolute Gasteiger partial charge is 0.444 e. The van der Waals surface area contributed by atoms with Gasteiger partial charge in [0.2, 0.25) is 0 Å². The van der Waals surface area contributed by atoms with Crippen molar-refractivity contribution in [3.05, 3.63) is 82.5 Å². The third-order valence-corrected chi connectivity index (χ3v) is 4.30. The van der Waals surface area contributed by atoms with Gasteiger partial charge in [-0.25, -0.2) is 9.78 Å². The molecule has 1 heterocycles. The summed E-state index contributed by atoms with van der Waals surface area (Å²) in [5, 5.41) is 3.29. The number of hydrogen-bond donors (Lipinski definition) is 1. The fourth-order valence-corrected chi connectivity index (χ4v) is 2.66. The molecule has 150 valence electrons. The third kappa shape index (κ3) is 5.83. The summed E-state index contributed by atoms with van der Waals surface area (Å²) in [5.41, 5.74) is 2.98. The van der Waals surface area contributed by atoms with Gasteiger partial charge < -0.3 is 14.1 Å². The number of anilines is 1. The van der Waals surface area contributed by atoms with Gasteiger partial charge in [-0.1, -0.05) is 35.9 Å². The molecule has 8 heteroatoms. The molecule has 1 N–H and O–H groups in total. The van der Waals surface area contributed by atoms with Crippen molar-refractivity contribution in [1.82, 2.24) is 9.88 Å². The zero-order chi connectivity index (χ0) is 20.8. The number of carbonyl (C=O) groups excluding carboxylic acids is 2. The second-order valence-electron chi connectivity index (χ2n) is 6.48. The fourth-order valence-electron chi connectivity index (χ4n) is 2.54. The average Bonchev–Trinajstić information content (AvgIpc) is 3.14. The standard InChI is InChI=1S/C21H20ClN3O4/c1-14-12-28-19(23-14)20(26)25(2)11-15-5-9-18(10-6-15)24-21(27)29-13-16-3-7-17(22)8-4-16/h3-10,12H,11,13H2,1-2H3,(H,24,27). The van der Waals surface area contributed by atoms with Gasteiger partial charge in [-0.05, 0) is 42.3 Å². The Morgan fingerprint density at radius 2 is 1.76 bits per heavy atom. The molecule has 0 bridgehead atoms. The Balaban J connectivity index is 1.49. The molecule has 2 amide bonds. The van der Waals surface area contributed by atoms with Crippen LogP contribution in [-0.4, -0.2) is 28.9 Å². The second-order valence-corrected chi connectivity index (χ2v) is 6.92. The molecule has 0 aliphatic rings. The number of carbonyl (C=O) groups is 2. The number of aromatic nitrogens is 1. The van der Waals surface area contributed by atoms with Crippen LogP contribution in [0.15, 0.2) is 59.2 Å². The van der Waals surface area contributed by atoms with Crippen LogP contribution in [0.2, 0.25) is 5.02 Å². The predicted octanol–water partition coefficient (Wildman–Crippen LogP) is 4.66. The van der Waals surface area contributed by atoms with E-state index >= 15 is 0 Å². The number of benzene rings is 2. The van der Waals surface area contributed by atoms with E-state index < -0.39 is 6.09 Å². The van der Waals surface area contributed by atoms with Crippen molar-refractivity contribution < 1.29 is 18.7 Å². The predicted molar refractivity (Wildman–Crippen MR) is 109 cm³/mol. The molecular weight excluding hydrogens is 394 g/mol. The summed E-state index contributed by atoms with van der Waals surface area (Å²) in [4.78, 5) is 29.8. The van der Waals surface area contributed by atoms with E-state index in [1.165, 1.54) is 11.2 Å². The van der Waals surface area contributed by atoms with Crippen LogP contribution in [0.5, 0.6) is 0 Å². The highest BCUT2D eigenvalue weighted by atomic mass is 35.5. The number of amides is 2. The quantitative estimate of drug-likeness (QED) is 0.635. The molecule has 2 aromatic carbocycles. The lowest BCUT2D eigenvalue weighted by Gasteiger charge is -2.15. The minimum absolute atomic E-state index is 0.0618. The smallest absolute Gasteiger partial charge is 0.411 e. The van der Waals surface area contributed by atoms with Crippen LogP contribution in [0, 0.1) is 6.92 Å². The first-order chi connectivity index (χ1) is 13.9. The number of aryl methyl sites for hydroxylation is 1. The Hall–Kier alpha value is -3.32. The molecule has 7 nitrogen and oxygen atoms in total. The van der Waals surface area contributed by atoms with Crippen LogP contribution in [0.4, 0.5) is 10.5 Å². The molecule has 1 aromatic heterocycles. The molecule has 0 atom stereocenters. The zero-order valence-corrected chi connectivity index (χ0v) is 16.8. The van der Waals surface area contributed by atoms with Crippen LogP contribution < -0.4 is 5.32 Å². The minimum Gasteiger partial charge on any atom is -0.444 e. The number of oxazole rings is 1. The van der Waals surface area contributed by atoms with Gasteiger partial charge in [-0.2, -0.15) is 0 Å². The summed E-state index contributed by atoms with van der Waals surface area (Å²) in [7, 11) is 1.67. The molecule has 0 radical (unpaired) electrons. The van der Waals surface area contributed by atoms with E-state index in [0.29, 0.717) is 22.9 Å². The van der Waals surface area contributed by atoms with Crippen LogP contribution in [0.1, 0.15) is 27.5 Å². The Morgan fingerprint density at radius 3 is 2.38 bits per heavy atom. The Kier molecular flexibility index (Phi) is 6.51. The van der Waals surface area contributed by atoms with Crippen molar-refractivity contribution in [3.63, 3.8) is 0 Å². The van der Waals surface area contributed by atoms with Crippen molar-refractivity contribution in [2.45, 2.75) is 20.1 Å². The van der Waals surface area contributed by atoms with Gasteiger partial charge >= 0.3 is 12.0 Å². The summed E-state index contributed by atoms with van der Waals surface area (Å²) in [6, 6.07) is 14.2. The highest BCUT2D eigenvalue weighted by molar-refractivity contribution is 6.30. The molecule has 0 aliphatic heterocycles. The molecule has 3 rings (SSSR count). The average molecular weight is 414 g/mol. The molecule has 0 saturated carbocycles. The summed E-state index contributed by atoms with van der Waals surface area (Å²) >= 11 is 5.83. The van der Waals surface area contributed by atoms with Crippen molar-refractivity contribution in [2.24, 2.45) is 0 Å². The molecule has 29 heavy (non-hydrogen) atoms. The number of rotatable bonds is 6. The summed E-state index contributed by atoms with van der Waals surface area (Å²) in [5.74, 6) is -0.238. The van der Waals surface area contributed by atoms with E-state index in [0.717, 1.165) is 11.1 Å². The SMILES string of the molecule is Cc1coc(C(=O)N(C)Cc2ccc(NC(=O)OCc3ccc(Cl)cc3)cc2)n1. The minimum atomic E-state index is -0.556. The van der Waals surface area contributed by atoms with Crippen LogP contribution in [-0.2, 0) is 17.9 Å². The maximum atomic E-state index is 12.3. The maximum Gasteiger partial charge on any atom is 0.411 e. The Morgan fingerprint density at radius 1 is 1.10 bits per heavy atom. The van der Waals surface area contributed by atoms with Gasteiger partial charge in [0.25, 0.3) is 5.89 Å². The van der Waals surface area contributed by atoms with E-state index in [1.54, 1.807) is 50.4 Å².